The fraction of sp³-hybridized carbons (Fsp3) is 0.200. The fourth-order valence-electron chi connectivity index (χ4n) is 1.81. The number of halogens is 3. The minimum absolute atomic E-state index is 0.352. The lowest BCUT2D eigenvalue weighted by atomic mass is 10.0. The molecule has 18 heavy (non-hydrogen) atoms. The normalized spacial score (nSPS) is 12.4. The molecule has 2 rings (SSSR count). The first-order chi connectivity index (χ1) is 8.56. The Labute approximate surface area is 133 Å². The van der Waals surface area contributed by atoms with Crippen molar-refractivity contribution >= 4 is 47.8 Å². The van der Waals surface area contributed by atoms with Crippen LogP contribution in [0, 0.1) is 6.92 Å². The SMILES string of the molecule is Cc1cc(C(Br)Cc2ccc(Br)cc2)ccc1Br. The molecule has 0 aliphatic rings. The summed E-state index contributed by atoms with van der Waals surface area (Å²) in [6.07, 6.45) is 0.994. The zero-order chi connectivity index (χ0) is 13.1. The van der Waals surface area contributed by atoms with E-state index in [-0.39, 0.29) is 0 Å². The van der Waals surface area contributed by atoms with Crippen molar-refractivity contribution in [2.45, 2.75) is 18.2 Å². The predicted octanol–water partition coefficient (Wildman–Crippen LogP) is 6.20. The van der Waals surface area contributed by atoms with Crippen LogP contribution >= 0.6 is 47.8 Å². The molecule has 0 saturated heterocycles. The van der Waals surface area contributed by atoms with E-state index in [1.54, 1.807) is 0 Å². The molecule has 0 aromatic heterocycles. The van der Waals surface area contributed by atoms with E-state index in [0.29, 0.717) is 4.83 Å². The van der Waals surface area contributed by atoms with Crippen molar-refractivity contribution < 1.29 is 0 Å². The number of alkyl halides is 1. The molecule has 0 N–H and O–H groups in total. The van der Waals surface area contributed by atoms with Gasteiger partial charge in [-0.15, -0.1) is 0 Å². The van der Waals surface area contributed by atoms with Crippen molar-refractivity contribution in [2.75, 3.05) is 0 Å². The number of benzene rings is 2. The third kappa shape index (κ3) is 3.69. The minimum Gasteiger partial charge on any atom is -0.0835 e. The zero-order valence-corrected chi connectivity index (χ0v) is 14.7. The summed E-state index contributed by atoms with van der Waals surface area (Å²) in [7, 11) is 0. The highest BCUT2D eigenvalue weighted by atomic mass is 79.9. The maximum atomic E-state index is 3.77. The second kappa shape index (κ2) is 6.36. The highest BCUT2D eigenvalue weighted by molar-refractivity contribution is 9.10. The van der Waals surface area contributed by atoms with Gasteiger partial charge in [0.25, 0.3) is 0 Å². The van der Waals surface area contributed by atoms with Gasteiger partial charge in [0.1, 0.15) is 0 Å². The lowest BCUT2D eigenvalue weighted by Gasteiger charge is -2.12. The maximum Gasteiger partial charge on any atom is 0.0435 e. The zero-order valence-electron chi connectivity index (χ0n) is 9.96. The largest absolute Gasteiger partial charge is 0.0835 e. The molecule has 0 nitrogen and oxygen atoms in total. The second-order valence-electron chi connectivity index (χ2n) is 4.31. The molecule has 94 valence electrons. The lowest BCUT2D eigenvalue weighted by Crippen LogP contribution is -1.96. The van der Waals surface area contributed by atoms with Crippen LogP contribution in [0.4, 0.5) is 0 Å². The fourth-order valence-corrected chi connectivity index (χ4v) is 2.98. The summed E-state index contributed by atoms with van der Waals surface area (Å²) in [6.45, 7) is 2.12. The molecule has 1 atom stereocenters. The van der Waals surface area contributed by atoms with E-state index in [2.05, 4.69) is 97.2 Å². The molecular formula is C15H13Br3. The molecular weight excluding hydrogens is 420 g/mol. The molecule has 2 aromatic carbocycles. The molecule has 0 saturated carbocycles. The van der Waals surface area contributed by atoms with Crippen LogP contribution in [0.25, 0.3) is 0 Å². The first-order valence-electron chi connectivity index (χ1n) is 5.71. The summed E-state index contributed by atoms with van der Waals surface area (Å²) >= 11 is 10.8. The van der Waals surface area contributed by atoms with Gasteiger partial charge in [-0.05, 0) is 48.2 Å². The molecule has 0 spiro atoms. The van der Waals surface area contributed by atoms with Gasteiger partial charge in [-0.25, -0.2) is 0 Å². The molecule has 0 aliphatic carbocycles. The van der Waals surface area contributed by atoms with Crippen LogP contribution < -0.4 is 0 Å². The summed E-state index contributed by atoms with van der Waals surface area (Å²) in [5, 5.41) is 0. The van der Waals surface area contributed by atoms with Crippen LogP contribution in [0.15, 0.2) is 51.4 Å². The van der Waals surface area contributed by atoms with E-state index in [9.17, 15) is 0 Å². The molecule has 0 heterocycles. The average Bonchev–Trinajstić information content (AvgIpc) is 2.35. The van der Waals surface area contributed by atoms with Crippen LogP contribution in [0.3, 0.4) is 0 Å². The van der Waals surface area contributed by atoms with E-state index in [0.717, 1.165) is 15.4 Å². The molecule has 0 radical (unpaired) electrons. The van der Waals surface area contributed by atoms with Crippen molar-refractivity contribution in [3.63, 3.8) is 0 Å². The maximum absolute atomic E-state index is 3.77. The molecule has 2 aromatic rings. The molecule has 0 bridgehead atoms. The van der Waals surface area contributed by atoms with Gasteiger partial charge in [0, 0.05) is 13.8 Å². The summed E-state index contributed by atoms with van der Waals surface area (Å²) in [6, 6.07) is 15.0. The Bertz CT molecular complexity index is 532. The predicted molar refractivity (Wildman–Crippen MR) is 88.4 cm³/mol. The standard InChI is InChI=1S/C15H13Br3/c1-10-8-12(4-7-14(10)17)15(18)9-11-2-5-13(16)6-3-11/h2-8,15H,9H2,1H3. The average molecular weight is 433 g/mol. The number of hydrogen-bond donors (Lipinski definition) is 0. The third-order valence-corrected chi connectivity index (χ3v) is 5.14. The van der Waals surface area contributed by atoms with Gasteiger partial charge >= 0.3 is 0 Å². The van der Waals surface area contributed by atoms with Gasteiger partial charge < -0.3 is 0 Å². The van der Waals surface area contributed by atoms with Gasteiger partial charge in [0.2, 0.25) is 0 Å². The van der Waals surface area contributed by atoms with Gasteiger partial charge in [-0.3, -0.25) is 0 Å². The van der Waals surface area contributed by atoms with Crippen LogP contribution in [0.2, 0.25) is 0 Å². The summed E-state index contributed by atoms with van der Waals surface area (Å²) < 4.78 is 2.28. The Morgan fingerprint density at radius 2 is 1.67 bits per heavy atom. The summed E-state index contributed by atoms with van der Waals surface area (Å²) in [4.78, 5) is 0.352. The quantitative estimate of drug-likeness (QED) is 0.506. The number of rotatable bonds is 3. The number of hydrogen-bond acceptors (Lipinski definition) is 0. The molecule has 0 aliphatic heterocycles. The van der Waals surface area contributed by atoms with Crippen LogP contribution in [-0.2, 0) is 6.42 Å². The Morgan fingerprint density at radius 1 is 1.00 bits per heavy atom. The monoisotopic (exact) mass is 430 g/mol. The highest BCUT2D eigenvalue weighted by Crippen LogP contribution is 2.30. The van der Waals surface area contributed by atoms with E-state index < -0.39 is 0 Å². The van der Waals surface area contributed by atoms with E-state index in [1.165, 1.54) is 16.7 Å². The topological polar surface area (TPSA) is 0 Å². The van der Waals surface area contributed by atoms with Crippen molar-refractivity contribution in [3.05, 3.63) is 68.1 Å². The lowest BCUT2D eigenvalue weighted by molar-refractivity contribution is 0.946. The van der Waals surface area contributed by atoms with Crippen LogP contribution in [0.1, 0.15) is 21.5 Å². The van der Waals surface area contributed by atoms with Crippen molar-refractivity contribution in [3.8, 4) is 0 Å². The van der Waals surface area contributed by atoms with Gasteiger partial charge in [0.15, 0.2) is 0 Å². The van der Waals surface area contributed by atoms with Gasteiger partial charge in [0.05, 0.1) is 0 Å². The summed E-state index contributed by atoms with van der Waals surface area (Å²) in [5.41, 5.74) is 3.92. The van der Waals surface area contributed by atoms with Crippen molar-refractivity contribution in [1.29, 1.82) is 0 Å². The van der Waals surface area contributed by atoms with Crippen molar-refractivity contribution in [2.24, 2.45) is 0 Å². The Kier molecular flexibility index (Phi) is 5.05. The Morgan fingerprint density at radius 3 is 2.28 bits per heavy atom. The first kappa shape index (κ1) is 14.3. The third-order valence-electron chi connectivity index (χ3n) is 2.87. The van der Waals surface area contributed by atoms with Gasteiger partial charge in [-0.1, -0.05) is 72.1 Å². The second-order valence-corrected chi connectivity index (χ2v) is 7.18. The van der Waals surface area contributed by atoms with Gasteiger partial charge in [-0.2, -0.15) is 0 Å². The minimum atomic E-state index is 0.352. The van der Waals surface area contributed by atoms with Crippen LogP contribution in [-0.4, -0.2) is 0 Å². The van der Waals surface area contributed by atoms with Crippen LogP contribution in [0.5, 0.6) is 0 Å². The van der Waals surface area contributed by atoms with E-state index >= 15 is 0 Å². The molecule has 0 amide bonds. The highest BCUT2D eigenvalue weighted by Gasteiger charge is 2.09. The Balaban J connectivity index is 2.13. The molecule has 0 fully saturated rings. The first-order valence-corrected chi connectivity index (χ1v) is 8.21. The Hall–Kier alpha value is -0.120. The number of aryl methyl sites for hydroxylation is 1. The summed E-state index contributed by atoms with van der Waals surface area (Å²) in [5.74, 6) is 0. The van der Waals surface area contributed by atoms with E-state index in [1.807, 2.05) is 0 Å². The molecule has 3 heteroatoms. The van der Waals surface area contributed by atoms with E-state index in [4.69, 9.17) is 0 Å². The van der Waals surface area contributed by atoms with Crippen molar-refractivity contribution in [1.82, 2.24) is 0 Å². The smallest absolute Gasteiger partial charge is 0.0435 e. The molecule has 1 unspecified atom stereocenters.